The van der Waals surface area contributed by atoms with Crippen LogP contribution in [0.3, 0.4) is 0 Å². The van der Waals surface area contributed by atoms with E-state index in [0.717, 1.165) is 10.5 Å². The van der Waals surface area contributed by atoms with E-state index in [1.54, 1.807) is 65.8 Å². The number of carbonyl (C=O) groups excluding carboxylic acids is 3. The molecule has 0 aliphatic rings. The van der Waals surface area contributed by atoms with Crippen LogP contribution >= 0.6 is 0 Å². The second-order valence-electron chi connectivity index (χ2n) is 9.81. The van der Waals surface area contributed by atoms with Crippen LogP contribution in [-0.2, 0) is 27.4 Å². The van der Waals surface area contributed by atoms with E-state index >= 15 is 0 Å². The zero-order chi connectivity index (χ0) is 26.2. The van der Waals surface area contributed by atoms with Gasteiger partial charge in [0.15, 0.2) is 0 Å². The third-order valence-corrected chi connectivity index (χ3v) is 4.22. The van der Waals surface area contributed by atoms with Crippen molar-refractivity contribution in [2.45, 2.75) is 65.9 Å². The minimum atomic E-state index is -0.852. The highest BCUT2D eigenvalue weighted by molar-refractivity contribution is 6.04. The fraction of sp³-hybridized carbons (Fsp3) is 0.385. The highest BCUT2D eigenvalue weighted by Crippen LogP contribution is 2.18. The highest BCUT2D eigenvalue weighted by Gasteiger charge is 2.31. The molecule has 0 spiro atoms. The molecule has 0 heterocycles. The largest absolute Gasteiger partial charge is 0.444 e. The molecule has 188 valence electrons. The first kappa shape index (κ1) is 27.4. The predicted molar refractivity (Wildman–Crippen MR) is 131 cm³/mol. The Hall–Kier alpha value is -3.88. The average Bonchev–Trinajstić information content (AvgIpc) is 2.74. The minimum Gasteiger partial charge on any atom is -0.444 e. The van der Waals surface area contributed by atoms with Gasteiger partial charge in [-0.3, -0.25) is 10.7 Å². The summed E-state index contributed by atoms with van der Waals surface area (Å²) in [4.78, 5) is 38.4. The molecule has 0 unspecified atom stereocenters. The van der Waals surface area contributed by atoms with Gasteiger partial charge in [0.1, 0.15) is 23.6 Å². The van der Waals surface area contributed by atoms with E-state index in [1.807, 2.05) is 30.3 Å². The van der Waals surface area contributed by atoms with Gasteiger partial charge in [0.05, 0.1) is 6.54 Å². The lowest BCUT2D eigenvalue weighted by Gasteiger charge is -2.28. The molecule has 2 rings (SSSR count). The molecule has 0 saturated heterocycles. The van der Waals surface area contributed by atoms with Gasteiger partial charge in [0.2, 0.25) is 0 Å². The molecule has 0 aromatic heterocycles. The van der Waals surface area contributed by atoms with Gasteiger partial charge in [0, 0.05) is 5.56 Å². The SMILES string of the molecule is CC(C)(C)OC(=O)N(Cc1cccc(C(=N)NC(=O)OCc2ccccc2)c1)C(=O)OC(C)(C)C. The number of alkyl carbamates (subject to hydrolysis) is 1. The standard InChI is InChI=1S/C26H33N3O6/c1-25(2,3)34-23(31)29(24(32)35-26(4,5)6)16-19-13-10-14-20(15-19)21(27)28-22(30)33-17-18-11-8-7-9-12-18/h7-15H,16-17H2,1-6H3,(H2,27,28,30). The summed E-state index contributed by atoms with van der Waals surface area (Å²) in [5.74, 6) is -0.189. The maximum atomic E-state index is 12.7. The lowest BCUT2D eigenvalue weighted by molar-refractivity contribution is -0.000261. The number of ether oxygens (including phenoxy) is 3. The Morgan fingerprint density at radius 2 is 1.37 bits per heavy atom. The van der Waals surface area contributed by atoms with Crippen molar-refractivity contribution in [2.24, 2.45) is 0 Å². The van der Waals surface area contributed by atoms with E-state index in [1.165, 1.54) is 0 Å². The molecular weight excluding hydrogens is 450 g/mol. The molecule has 2 aromatic carbocycles. The first-order valence-electron chi connectivity index (χ1n) is 11.1. The zero-order valence-electron chi connectivity index (χ0n) is 21.0. The maximum absolute atomic E-state index is 12.7. The first-order chi connectivity index (χ1) is 16.2. The summed E-state index contributed by atoms with van der Waals surface area (Å²) in [7, 11) is 0. The number of imide groups is 1. The van der Waals surface area contributed by atoms with Crippen molar-refractivity contribution in [1.82, 2.24) is 10.2 Å². The molecule has 0 aliphatic heterocycles. The monoisotopic (exact) mass is 483 g/mol. The van der Waals surface area contributed by atoms with E-state index in [4.69, 9.17) is 19.6 Å². The Morgan fingerprint density at radius 1 is 0.829 bits per heavy atom. The van der Waals surface area contributed by atoms with Crippen LogP contribution in [0.5, 0.6) is 0 Å². The van der Waals surface area contributed by atoms with Crippen molar-refractivity contribution in [3.05, 3.63) is 71.3 Å². The summed E-state index contributed by atoms with van der Waals surface area (Å²) in [5.41, 5.74) is 0.0907. The van der Waals surface area contributed by atoms with Gasteiger partial charge < -0.3 is 14.2 Å². The third kappa shape index (κ3) is 9.87. The predicted octanol–water partition coefficient (Wildman–Crippen LogP) is 5.61. The number of amides is 3. The van der Waals surface area contributed by atoms with Gasteiger partial charge in [-0.2, -0.15) is 0 Å². The summed E-state index contributed by atoms with van der Waals surface area (Å²) in [6, 6.07) is 15.7. The van der Waals surface area contributed by atoms with E-state index in [-0.39, 0.29) is 19.0 Å². The zero-order valence-corrected chi connectivity index (χ0v) is 21.0. The molecule has 35 heavy (non-hydrogen) atoms. The van der Waals surface area contributed by atoms with Crippen LogP contribution in [0, 0.1) is 5.41 Å². The molecule has 3 amide bonds. The van der Waals surface area contributed by atoms with Crippen molar-refractivity contribution < 1.29 is 28.6 Å². The van der Waals surface area contributed by atoms with Crippen molar-refractivity contribution >= 4 is 24.1 Å². The number of carbonyl (C=O) groups is 3. The van der Waals surface area contributed by atoms with E-state index in [9.17, 15) is 14.4 Å². The first-order valence-corrected chi connectivity index (χ1v) is 11.1. The van der Waals surface area contributed by atoms with Crippen molar-refractivity contribution in [2.75, 3.05) is 0 Å². The maximum Gasteiger partial charge on any atom is 0.420 e. The summed E-state index contributed by atoms with van der Waals surface area (Å²) in [6.07, 6.45) is -2.47. The van der Waals surface area contributed by atoms with E-state index in [0.29, 0.717) is 11.1 Å². The molecule has 0 aliphatic carbocycles. The van der Waals surface area contributed by atoms with Gasteiger partial charge in [-0.15, -0.1) is 0 Å². The van der Waals surface area contributed by atoms with E-state index in [2.05, 4.69) is 5.32 Å². The Labute approximate surface area is 205 Å². The Bertz CT molecular complexity index is 1030. The molecule has 2 N–H and O–H groups in total. The van der Waals surface area contributed by atoms with Crippen LogP contribution in [-0.4, -0.2) is 40.2 Å². The van der Waals surface area contributed by atoms with Gasteiger partial charge >= 0.3 is 18.3 Å². The number of rotatable bonds is 5. The molecule has 2 aromatic rings. The molecule has 0 radical (unpaired) electrons. The van der Waals surface area contributed by atoms with Crippen molar-refractivity contribution in [3.63, 3.8) is 0 Å². The van der Waals surface area contributed by atoms with Crippen LogP contribution in [0.1, 0.15) is 58.2 Å². The van der Waals surface area contributed by atoms with Crippen LogP contribution in [0.4, 0.5) is 14.4 Å². The molecule has 9 nitrogen and oxygen atoms in total. The van der Waals surface area contributed by atoms with Crippen LogP contribution in [0.15, 0.2) is 54.6 Å². The third-order valence-electron chi connectivity index (χ3n) is 4.22. The fourth-order valence-electron chi connectivity index (χ4n) is 2.78. The smallest absolute Gasteiger partial charge is 0.420 e. The van der Waals surface area contributed by atoms with Crippen LogP contribution in [0.2, 0.25) is 0 Å². The van der Waals surface area contributed by atoms with Crippen LogP contribution < -0.4 is 5.32 Å². The lowest BCUT2D eigenvalue weighted by atomic mass is 10.1. The summed E-state index contributed by atoms with van der Waals surface area (Å²) < 4.78 is 15.9. The second-order valence-corrected chi connectivity index (χ2v) is 9.81. The number of nitrogens with zero attached hydrogens (tertiary/aromatic N) is 1. The Balaban J connectivity index is 2.10. The quantitative estimate of drug-likeness (QED) is 0.324. The van der Waals surface area contributed by atoms with Crippen LogP contribution in [0.25, 0.3) is 0 Å². The molecule has 9 heteroatoms. The summed E-state index contributed by atoms with van der Waals surface area (Å²) in [5, 5.41) is 10.6. The molecule has 0 bridgehead atoms. The minimum absolute atomic E-state index is 0.0702. The van der Waals surface area contributed by atoms with Crippen molar-refractivity contribution in [1.29, 1.82) is 5.41 Å². The number of hydrogen-bond donors (Lipinski definition) is 2. The number of amidine groups is 1. The van der Waals surface area contributed by atoms with Gasteiger partial charge in [-0.25, -0.2) is 19.3 Å². The van der Waals surface area contributed by atoms with Crippen molar-refractivity contribution in [3.8, 4) is 0 Å². The highest BCUT2D eigenvalue weighted by atomic mass is 16.6. The molecule has 0 atom stereocenters. The average molecular weight is 484 g/mol. The number of benzene rings is 2. The second kappa shape index (κ2) is 11.5. The Morgan fingerprint density at radius 3 is 1.91 bits per heavy atom. The number of hydrogen-bond acceptors (Lipinski definition) is 7. The summed E-state index contributed by atoms with van der Waals surface area (Å²) >= 11 is 0. The van der Waals surface area contributed by atoms with Gasteiger partial charge in [-0.1, -0.05) is 48.5 Å². The number of nitrogens with one attached hydrogen (secondary N) is 2. The molecule has 0 fully saturated rings. The normalized spacial score (nSPS) is 11.3. The molecular formula is C26H33N3O6. The van der Waals surface area contributed by atoms with E-state index < -0.39 is 29.5 Å². The van der Waals surface area contributed by atoms with Gasteiger partial charge in [-0.05, 0) is 58.7 Å². The topological polar surface area (TPSA) is 118 Å². The van der Waals surface area contributed by atoms with Gasteiger partial charge in [0.25, 0.3) is 0 Å². The summed E-state index contributed by atoms with van der Waals surface area (Å²) in [6.45, 7) is 10.1. The lowest BCUT2D eigenvalue weighted by Crippen LogP contribution is -2.43. The fourth-order valence-corrected chi connectivity index (χ4v) is 2.78. The Kier molecular flexibility index (Phi) is 8.99. The molecule has 0 saturated carbocycles.